The van der Waals surface area contributed by atoms with Gasteiger partial charge in [-0.3, -0.25) is 9.56 Å². The molecule has 182 valence electrons. The van der Waals surface area contributed by atoms with E-state index < -0.39 is 6.43 Å². The van der Waals surface area contributed by atoms with Crippen LogP contribution in [0.4, 0.5) is 20.4 Å². The van der Waals surface area contributed by atoms with E-state index >= 15 is 0 Å². The molecule has 1 aromatic carbocycles. The number of hydrogen-bond donors (Lipinski definition) is 1. The third-order valence-corrected chi connectivity index (χ3v) is 5.84. The van der Waals surface area contributed by atoms with Gasteiger partial charge in [-0.1, -0.05) is 25.5 Å². The van der Waals surface area contributed by atoms with Gasteiger partial charge < -0.3 is 14.7 Å². The molecule has 0 amide bonds. The maximum absolute atomic E-state index is 14.1. The molecular formula is C24H30F2N6O2. The number of aliphatic imine (C=N–C) groups is 1. The van der Waals surface area contributed by atoms with Gasteiger partial charge >= 0.3 is 0 Å². The van der Waals surface area contributed by atoms with Crippen LogP contribution in [0.25, 0.3) is 16.9 Å². The van der Waals surface area contributed by atoms with Gasteiger partial charge in [-0.2, -0.15) is 4.98 Å². The smallest absolute Gasteiger partial charge is 0.296 e. The molecule has 0 radical (unpaired) electrons. The number of benzene rings is 1. The van der Waals surface area contributed by atoms with E-state index in [2.05, 4.69) is 15.0 Å². The second-order valence-corrected chi connectivity index (χ2v) is 8.45. The van der Waals surface area contributed by atoms with Crippen LogP contribution in [0.1, 0.15) is 44.1 Å². The van der Waals surface area contributed by atoms with Gasteiger partial charge in [0.1, 0.15) is 5.69 Å². The van der Waals surface area contributed by atoms with Crippen LogP contribution in [0.2, 0.25) is 0 Å². The molecule has 4 rings (SSSR count). The van der Waals surface area contributed by atoms with Crippen LogP contribution in [0.3, 0.4) is 0 Å². The zero-order valence-electron chi connectivity index (χ0n) is 19.5. The Morgan fingerprint density at radius 3 is 2.65 bits per heavy atom. The Kier molecular flexibility index (Phi) is 7.79. The minimum atomic E-state index is -2.79. The molecule has 1 N–H and O–H groups in total. The second kappa shape index (κ2) is 11.0. The van der Waals surface area contributed by atoms with E-state index in [1.807, 2.05) is 25.0 Å². The fourth-order valence-corrected chi connectivity index (χ4v) is 4.02. The second-order valence-electron chi connectivity index (χ2n) is 8.45. The monoisotopic (exact) mass is 472 g/mol. The quantitative estimate of drug-likeness (QED) is 0.367. The minimum absolute atomic E-state index is 0.145. The molecule has 0 bridgehead atoms. The molecule has 1 aliphatic rings. The van der Waals surface area contributed by atoms with Gasteiger partial charge in [0.15, 0.2) is 11.6 Å². The first-order chi connectivity index (χ1) is 16.5. The molecule has 1 aliphatic heterocycles. The number of aromatic nitrogens is 4. The van der Waals surface area contributed by atoms with Gasteiger partial charge in [0.25, 0.3) is 6.43 Å². The number of morpholine rings is 1. The molecule has 0 aliphatic carbocycles. The highest BCUT2D eigenvalue weighted by molar-refractivity contribution is 5.80. The normalized spacial score (nSPS) is 15.6. The molecule has 1 atom stereocenters. The molecule has 0 saturated carbocycles. The maximum Gasteiger partial charge on any atom is 0.296 e. The zero-order valence-corrected chi connectivity index (χ0v) is 19.5. The first-order valence-corrected chi connectivity index (χ1v) is 11.6. The number of para-hydroxylation sites is 2. The summed E-state index contributed by atoms with van der Waals surface area (Å²) < 4.78 is 35.1. The number of nitrogens with zero attached hydrogens (tertiary/aromatic N) is 6. The van der Waals surface area contributed by atoms with Gasteiger partial charge in [0, 0.05) is 25.9 Å². The predicted molar refractivity (Wildman–Crippen MR) is 128 cm³/mol. The van der Waals surface area contributed by atoms with Gasteiger partial charge in [0.05, 0.1) is 29.9 Å². The molecule has 1 unspecified atom stereocenters. The van der Waals surface area contributed by atoms with E-state index in [0.717, 1.165) is 19.3 Å². The summed E-state index contributed by atoms with van der Waals surface area (Å²) in [7, 11) is 0. The summed E-state index contributed by atoms with van der Waals surface area (Å²) in [5, 5.41) is 9.02. The zero-order chi connectivity index (χ0) is 24.1. The van der Waals surface area contributed by atoms with E-state index in [1.165, 1.54) is 4.57 Å². The molecule has 34 heavy (non-hydrogen) atoms. The molecular weight excluding hydrogens is 442 g/mol. The van der Waals surface area contributed by atoms with Crippen LogP contribution in [-0.4, -0.2) is 63.8 Å². The number of fused-ring (bicyclic) bond motifs is 1. The minimum Gasteiger partial charge on any atom is -0.396 e. The molecule has 0 spiro atoms. The number of anilines is 1. The number of aliphatic hydroxyl groups excluding tert-OH is 1. The van der Waals surface area contributed by atoms with Crippen molar-refractivity contribution in [1.29, 1.82) is 0 Å². The highest BCUT2D eigenvalue weighted by Crippen LogP contribution is 2.34. The third-order valence-electron chi connectivity index (χ3n) is 5.84. The number of aliphatic hydroxyl groups is 1. The highest BCUT2D eigenvalue weighted by atomic mass is 19.3. The lowest BCUT2D eigenvalue weighted by molar-refractivity contribution is 0.122. The standard InChI is InChI=1S/C24H30F2N6O2/c1-16(7-5-6-12-33)15-27-20-17(2)28-24(31-10-13-34-14-11-31)30-22(20)32-19-9-4-3-8-18(19)29-23(32)21(25)26/h3-4,8-9,15-16,21,33H,5-7,10-14H2,1-2H3. The average molecular weight is 473 g/mol. The van der Waals surface area contributed by atoms with Crippen LogP contribution in [0.15, 0.2) is 29.3 Å². The summed E-state index contributed by atoms with van der Waals surface area (Å²) in [6.07, 6.45) is 1.50. The Bertz CT molecular complexity index is 1140. The topological polar surface area (TPSA) is 88.7 Å². The highest BCUT2D eigenvalue weighted by Gasteiger charge is 2.26. The summed E-state index contributed by atoms with van der Waals surface area (Å²) >= 11 is 0. The van der Waals surface area contributed by atoms with Crippen molar-refractivity contribution >= 4 is 28.9 Å². The van der Waals surface area contributed by atoms with E-state index in [0.29, 0.717) is 54.7 Å². The van der Waals surface area contributed by atoms with Crippen LogP contribution in [0, 0.1) is 12.8 Å². The summed E-state index contributed by atoms with van der Waals surface area (Å²) in [4.78, 5) is 20.3. The van der Waals surface area contributed by atoms with Crippen molar-refractivity contribution in [2.24, 2.45) is 10.9 Å². The number of imidazole rings is 1. The summed E-state index contributed by atoms with van der Waals surface area (Å²) in [6.45, 7) is 6.37. The van der Waals surface area contributed by atoms with Gasteiger partial charge in [-0.15, -0.1) is 0 Å². The van der Waals surface area contributed by atoms with E-state index in [-0.39, 0.29) is 24.2 Å². The maximum atomic E-state index is 14.1. The Morgan fingerprint density at radius 1 is 1.15 bits per heavy atom. The van der Waals surface area contributed by atoms with Crippen molar-refractivity contribution in [3.8, 4) is 5.82 Å². The van der Waals surface area contributed by atoms with Crippen LogP contribution < -0.4 is 4.90 Å². The summed E-state index contributed by atoms with van der Waals surface area (Å²) in [5.74, 6) is 0.520. The van der Waals surface area contributed by atoms with Crippen molar-refractivity contribution in [3.05, 3.63) is 35.8 Å². The summed E-state index contributed by atoms with van der Waals surface area (Å²) in [5.41, 5.74) is 2.05. The van der Waals surface area contributed by atoms with Crippen molar-refractivity contribution in [1.82, 2.24) is 19.5 Å². The number of ether oxygens (including phenoxy) is 1. The first kappa shape index (κ1) is 24.2. The Balaban J connectivity index is 1.85. The van der Waals surface area contributed by atoms with Crippen molar-refractivity contribution < 1.29 is 18.6 Å². The lowest BCUT2D eigenvalue weighted by Crippen LogP contribution is -2.37. The Hall–Kier alpha value is -2.98. The lowest BCUT2D eigenvalue weighted by atomic mass is 10.1. The van der Waals surface area contributed by atoms with Crippen LogP contribution >= 0.6 is 0 Å². The van der Waals surface area contributed by atoms with E-state index in [1.54, 1.807) is 24.3 Å². The Morgan fingerprint density at radius 2 is 1.91 bits per heavy atom. The molecule has 1 fully saturated rings. The summed E-state index contributed by atoms with van der Waals surface area (Å²) in [6, 6.07) is 7.03. The number of halogens is 2. The molecule has 1 saturated heterocycles. The van der Waals surface area contributed by atoms with E-state index in [4.69, 9.17) is 14.8 Å². The molecule has 2 aromatic heterocycles. The van der Waals surface area contributed by atoms with Gasteiger partial charge in [-0.25, -0.2) is 18.7 Å². The third kappa shape index (κ3) is 5.23. The van der Waals surface area contributed by atoms with Gasteiger partial charge in [-0.05, 0) is 37.8 Å². The van der Waals surface area contributed by atoms with Crippen molar-refractivity contribution in [2.45, 2.75) is 39.5 Å². The fourth-order valence-electron chi connectivity index (χ4n) is 4.02. The fraction of sp³-hybridized carbons (Fsp3) is 0.500. The largest absolute Gasteiger partial charge is 0.396 e. The molecule has 3 aromatic rings. The lowest BCUT2D eigenvalue weighted by Gasteiger charge is -2.27. The number of rotatable bonds is 9. The SMILES string of the molecule is Cc1nc(N2CCOCC2)nc(-n2c(C(F)F)nc3ccccc32)c1N=CC(C)CCCCO. The average Bonchev–Trinajstić information content (AvgIpc) is 3.23. The first-order valence-electron chi connectivity index (χ1n) is 11.6. The Labute approximate surface area is 197 Å². The molecule has 3 heterocycles. The number of hydrogen-bond acceptors (Lipinski definition) is 7. The van der Waals surface area contributed by atoms with E-state index in [9.17, 15) is 8.78 Å². The number of aryl methyl sites for hydroxylation is 1. The molecule has 10 heteroatoms. The number of unbranched alkanes of at least 4 members (excludes halogenated alkanes) is 1. The predicted octanol–water partition coefficient (Wildman–Crippen LogP) is 4.40. The molecule has 8 nitrogen and oxygen atoms in total. The van der Waals surface area contributed by atoms with Crippen molar-refractivity contribution in [3.63, 3.8) is 0 Å². The van der Waals surface area contributed by atoms with Gasteiger partial charge in [0.2, 0.25) is 5.95 Å². The van der Waals surface area contributed by atoms with Crippen LogP contribution in [0.5, 0.6) is 0 Å². The van der Waals surface area contributed by atoms with Crippen LogP contribution in [-0.2, 0) is 4.74 Å². The number of alkyl halides is 2. The van der Waals surface area contributed by atoms with Crippen molar-refractivity contribution in [2.75, 3.05) is 37.8 Å².